The van der Waals surface area contributed by atoms with E-state index in [-0.39, 0.29) is 11.8 Å². The number of carbonyl (C=O) groups is 2. The van der Waals surface area contributed by atoms with Gasteiger partial charge in [0.1, 0.15) is 0 Å². The average molecular weight is 334 g/mol. The quantitative estimate of drug-likeness (QED) is 0.699. The molecular weight excluding hydrogens is 308 g/mol. The van der Waals surface area contributed by atoms with Crippen molar-refractivity contribution >= 4 is 11.8 Å². The minimum atomic E-state index is 0.0255. The smallest absolute Gasteiger partial charge is 0.222 e. The lowest BCUT2D eigenvalue weighted by Crippen LogP contribution is -2.30. The third-order valence-electron chi connectivity index (χ3n) is 4.19. The Balaban J connectivity index is 1.66. The van der Waals surface area contributed by atoms with Crippen LogP contribution in [0.1, 0.15) is 31.2 Å². The minimum Gasteiger partial charge on any atom is -0.493 e. The van der Waals surface area contributed by atoms with E-state index in [0.29, 0.717) is 37.3 Å². The van der Waals surface area contributed by atoms with Gasteiger partial charge in [-0.2, -0.15) is 0 Å². The highest BCUT2D eigenvalue weighted by molar-refractivity contribution is 5.78. The number of carbonyl (C=O) groups excluding carboxylic acids is 2. The number of methoxy groups -OCH3 is 2. The van der Waals surface area contributed by atoms with Gasteiger partial charge >= 0.3 is 0 Å². The van der Waals surface area contributed by atoms with Crippen molar-refractivity contribution in [2.45, 2.75) is 32.1 Å². The standard InChI is InChI=1S/C18H26N2O4/c1-23-15-8-6-14(13-16(15)24-2)7-9-17(21)19-10-4-12-20-11-3-5-18(20)22/h6,8,13H,3-5,7,9-12H2,1-2H3,(H,19,21). The summed E-state index contributed by atoms with van der Waals surface area (Å²) in [5, 5.41) is 2.91. The van der Waals surface area contributed by atoms with E-state index < -0.39 is 0 Å². The summed E-state index contributed by atoms with van der Waals surface area (Å²) in [6.45, 7) is 2.19. The fourth-order valence-corrected chi connectivity index (χ4v) is 2.82. The molecule has 0 unspecified atom stereocenters. The van der Waals surface area contributed by atoms with Crippen LogP contribution in [0.25, 0.3) is 0 Å². The van der Waals surface area contributed by atoms with Crippen LogP contribution in [0.2, 0.25) is 0 Å². The van der Waals surface area contributed by atoms with Crippen LogP contribution in [0.4, 0.5) is 0 Å². The van der Waals surface area contributed by atoms with Gasteiger partial charge < -0.3 is 19.7 Å². The Morgan fingerprint density at radius 2 is 2.04 bits per heavy atom. The molecule has 132 valence electrons. The molecule has 2 amide bonds. The Kier molecular flexibility index (Phi) is 6.90. The number of hydrogen-bond acceptors (Lipinski definition) is 4. The lowest BCUT2D eigenvalue weighted by molar-refractivity contribution is -0.127. The fraction of sp³-hybridized carbons (Fsp3) is 0.556. The predicted molar refractivity (Wildman–Crippen MR) is 91.3 cm³/mol. The summed E-state index contributed by atoms with van der Waals surface area (Å²) in [7, 11) is 3.19. The van der Waals surface area contributed by atoms with Gasteiger partial charge in [-0.15, -0.1) is 0 Å². The van der Waals surface area contributed by atoms with Gasteiger partial charge in [-0.25, -0.2) is 0 Å². The van der Waals surface area contributed by atoms with Crippen LogP contribution >= 0.6 is 0 Å². The van der Waals surface area contributed by atoms with Crippen molar-refractivity contribution in [2.75, 3.05) is 33.9 Å². The number of hydrogen-bond donors (Lipinski definition) is 1. The van der Waals surface area contributed by atoms with Crippen molar-refractivity contribution in [1.82, 2.24) is 10.2 Å². The number of amides is 2. The maximum Gasteiger partial charge on any atom is 0.222 e. The van der Waals surface area contributed by atoms with Gasteiger partial charge in [-0.1, -0.05) is 6.07 Å². The van der Waals surface area contributed by atoms with Gasteiger partial charge in [0, 0.05) is 32.5 Å². The summed E-state index contributed by atoms with van der Waals surface area (Å²) in [5.74, 6) is 1.61. The molecule has 6 heteroatoms. The van der Waals surface area contributed by atoms with E-state index >= 15 is 0 Å². The van der Waals surface area contributed by atoms with Crippen molar-refractivity contribution in [1.29, 1.82) is 0 Å². The Bertz CT molecular complexity index is 574. The summed E-state index contributed by atoms with van der Waals surface area (Å²) in [5.41, 5.74) is 1.03. The van der Waals surface area contributed by atoms with Crippen molar-refractivity contribution in [3.05, 3.63) is 23.8 Å². The van der Waals surface area contributed by atoms with Crippen LogP contribution in [-0.2, 0) is 16.0 Å². The highest BCUT2D eigenvalue weighted by Gasteiger charge is 2.19. The molecule has 24 heavy (non-hydrogen) atoms. The Hall–Kier alpha value is -2.24. The molecule has 0 spiro atoms. The molecule has 1 aromatic carbocycles. The molecule has 0 saturated carbocycles. The molecule has 0 aromatic heterocycles. The largest absolute Gasteiger partial charge is 0.493 e. The van der Waals surface area contributed by atoms with Crippen LogP contribution in [0.15, 0.2) is 18.2 Å². The second kappa shape index (κ2) is 9.15. The van der Waals surface area contributed by atoms with Crippen LogP contribution in [0.5, 0.6) is 11.5 Å². The van der Waals surface area contributed by atoms with Gasteiger partial charge in [0.15, 0.2) is 11.5 Å². The van der Waals surface area contributed by atoms with Gasteiger partial charge in [-0.3, -0.25) is 9.59 Å². The zero-order valence-electron chi connectivity index (χ0n) is 14.5. The number of ether oxygens (including phenoxy) is 2. The number of aryl methyl sites for hydroxylation is 1. The number of benzene rings is 1. The minimum absolute atomic E-state index is 0.0255. The molecule has 1 heterocycles. The maximum atomic E-state index is 11.9. The first-order chi connectivity index (χ1) is 11.6. The van der Waals surface area contributed by atoms with E-state index in [1.807, 2.05) is 23.1 Å². The molecule has 0 atom stereocenters. The first-order valence-corrected chi connectivity index (χ1v) is 8.39. The normalized spacial score (nSPS) is 13.9. The topological polar surface area (TPSA) is 67.9 Å². The zero-order valence-corrected chi connectivity index (χ0v) is 14.5. The van der Waals surface area contributed by atoms with E-state index in [1.165, 1.54) is 0 Å². The third-order valence-corrected chi connectivity index (χ3v) is 4.19. The van der Waals surface area contributed by atoms with Crippen LogP contribution in [-0.4, -0.2) is 50.6 Å². The first kappa shape index (κ1) is 18.1. The highest BCUT2D eigenvalue weighted by atomic mass is 16.5. The number of likely N-dealkylation sites (tertiary alicyclic amines) is 1. The third kappa shape index (κ3) is 5.15. The van der Waals surface area contributed by atoms with Crippen molar-refractivity contribution < 1.29 is 19.1 Å². The molecule has 1 saturated heterocycles. The molecule has 2 rings (SSSR count). The first-order valence-electron chi connectivity index (χ1n) is 8.39. The molecule has 0 aliphatic carbocycles. The second-order valence-electron chi connectivity index (χ2n) is 5.88. The van der Waals surface area contributed by atoms with E-state index in [0.717, 1.165) is 31.5 Å². The van der Waals surface area contributed by atoms with Crippen molar-refractivity contribution in [2.24, 2.45) is 0 Å². The summed E-state index contributed by atoms with van der Waals surface area (Å²) in [4.78, 5) is 25.3. The maximum absolute atomic E-state index is 11.9. The van der Waals surface area contributed by atoms with E-state index in [4.69, 9.17) is 9.47 Å². The predicted octanol–water partition coefficient (Wildman–Crippen LogP) is 1.77. The molecule has 0 radical (unpaired) electrons. The van der Waals surface area contributed by atoms with Gasteiger partial charge in [0.05, 0.1) is 14.2 Å². The van der Waals surface area contributed by atoms with Crippen molar-refractivity contribution in [3.8, 4) is 11.5 Å². The number of nitrogens with one attached hydrogen (secondary N) is 1. The second-order valence-corrected chi connectivity index (χ2v) is 5.88. The summed E-state index contributed by atoms with van der Waals surface area (Å²) in [6.07, 6.45) is 3.50. The highest BCUT2D eigenvalue weighted by Crippen LogP contribution is 2.27. The number of nitrogens with zero attached hydrogens (tertiary/aromatic N) is 1. The monoisotopic (exact) mass is 334 g/mol. The number of rotatable bonds is 9. The molecule has 1 fully saturated rings. The summed E-state index contributed by atoms with van der Waals surface area (Å²) >= 11 is 0. The molecule has 1 aliphatic rings. The van der Waals surface area contributed by atoms with Crippen LogP contribution < -0.4 is 14.8 Å². The Labute approximate surface area is 143 Å². The lowest BCUT2D eigenvalue weighted by Gasteiger charge is -2.15. The van der Waals surface area contributed by atoms with Crippen LogP contribution in [0.3, 0.4) is 0 Å². The van der Waals surface area contributed by atoms with Gasteiger partial charge in [0.2, 0.25) is 11.8 Å². The summed E-state index contributed by atoms with van der Waals surface area (Å²) < 4.78 is 10.5. The van der Waals surface area contributed by atoms with E-state index in [9.17, 15) is 9.59 Å². The van der Waals surface area contributed by atoms with E-state index in [1.54, 1.807) is 14.2 Å². The van der Waals surface area contributed by atoms with Crippen LogP contribution in [0, 0.1) is 0 Å². The lowest BCUT2D eigenvalue weighted by atomic mass is 10.1. The zero-order chi connectivity index (χ0) is 17.4. The summed E-state index contributed by atoms with van der Waals surface area (Å²) in [6, 6.07) is 5.68. The fourth-order valence-electron chi connectivity index (χ4n) is 2.82. The van der Waals surface area contributed by atoms with Crippen molar-refractivity contribution in [3.63, 3.8) is 0 Å². The molecule has 0 bridgehead atoms. The molecule has 1 aliphatic heterocycles. The van der Waals surface area contributed by atoms with E-state index in [2.05, 4.69) is 5.32 Å². The average Bonchev–Trinajstić information content (AvgIpc) is 3.01. The van der Waals surface area contributed by atoms with Gasteiger partial charge in [-0.05, 0) is 37.0 Å². The molecule has 6 nitrogen and oxygen atoms in total. The Morgan fingerprint density at radius 3 is 2.71 bits per heavy atom. The Morgan fingerprint density at radius 1 is 1.25 bits per heavy atom. The van der Waals surface area contributed by atoms with Gasteiger partial charge in [0.25, 0.3) is 0 Å². The molecule has 1 N–H and O–H groups in total. The molecule has 1 aromatic rings. The molecular formula is C18H26N2O4. The SMILES string of the molecule is COc1ccc(CCC(=O)NCCCN2CCCC2=O)cc1OC.